The molecule has 0 aromatic carbocycles. The second-order valence-electron chi connectivity index (χ2n) is 1.97. The van der Waals surface area contributed by atoms with Crippen LogP contribution in [0.2, 0.25) is 0 Å². The first-order chi connectivity index (χ1) is 4.47. The minimum atomic E-state index is 0.860. The van der Waals surface area contributed by atoms with Gasteiger partial charge in [-0.25, -0.2) is 0 Å². The van der Waals surface area contributed by atoms with Gasteiger partial charge < -0.3 is 0 Å². The summed E-state index contributed by atoms with van der Waals surface area (Å²) < 4.78 is 0. The molecule has 0 saturated carbocycles. The molecule has 0 aromatic heterocycles. The summed E-state index contributed by atoms with van der Waals surface area (Å²) in [6.45, 7) is 0. The van der Waals surface area contributed by atoms with Crippen molar-refractivity contribution in [1.29, 1.82) is 0 Å². The molecule has 2 rings (SSSR count). The Balaban J connectivity index is 2.46. The Morgan fingerprint density at radius 1 is 1.56 bits per heavy atom. The van der Waals surface area contributed by atoms with Gasteiger partial charge in [0.25, 0.3) is 0 Å². The van der Waals surface area contributed by atoms with Crippen LogP contribution in [0.4, 0.5) is 0 Å². The summed E-state index contributed by atoms with van der Waals surface area (Å²) in [5.74, 6) is 0. The topological polar surface area (TPSA) is 24.7 Å². The quantitative estimate of drug-likeness (QED) is 0.463. The van der Waals surface area contributed by atoms with Gasteiger partial charge in [-0.2, -0.15) is 10.2 Å². The molecule has 0 unspecified atom stereocenters. The molecule has 0 amide bonds. The lowest BCUT2D eigenvalue weighted by atomic mass is 10.1. The van der Waals surface area contributed by atoms with Crippen LogP contribution in [0.3, 0.4) is 0 Å². The first kappa shape index (κ1) is 4.68. The van der Waals surface area contributed by atoms with Gasteiger partial charge in [0.2, 0.25) is 0 Å². The summed E-state index contributed by atoms with van der Waals surface area (Å²) in [6.07, 6.45) is 9.52. The SMILES string of the molecule is [C]1=CC=C2N=NC=C2C1. The molecule has 0 spiro atoms. The third kappa shape index (κ3) is 0.633. The standard InChI is InChI=1S/C7H5N2/c1-2-4-7-6(3-1)5-8-9-7/h2,4-5H,3H2. The van der Waals surface area contributed by atoms with E-state index in [9.17, 15) is 0 Å². The van der Waals surface area contributed by atoms with Crippen molar-refractivity contribution in [1.82, 2.24) is 0 Å². The second-order valence-corrected chi connectivity index (χ2v) is 1.97. The zero-order valence-corrected chi connectivity index (χ0v) is 4.83. The van der Waals surface area contributed by atoms with E-state index in [2.05, 4.69) is 16.3 Å². The molecule has 0 atom stereocenters. The Morgan fingerprint density at radius 3 is 3.44 bits per heavy atom. The van der Waals surface area contributed by atoms with E-state index in [1.165, 1.54) is 5.57 Å². The number of fused-ring (bicyclic) bond motifs is 1. The van der Waals surface area contributed by atoms with Crippen LogP contribution in [-0.2, 0) is 0 Å². The van der Waals surface area contributed by atoms with Crippen LogP contribution >= 0.6 is 0 Å². The lowest BCUT2D eigenvalue weighted by Crippen LogP contribution is -1.84. The van der Waals surface area contributed by atoms with Crippen molar-refractivity contribution in [2.75, 3.05) is 0 Å². The highest BCUT2D eigenvalue weighted by molar-refractivity contribution is 5.38. The molecule has 0 saturated heterocycles. The lowest BCUT2D eigenvalue weighted by Gasteiger charge is -1.99. The van der Waals surface area contributed by atoms with Crippen LogP contribution in [0.25, 0.3) is 0 Å². The zero-order chi connectivity index (χ0) is 6.10. The molecular formula is C7H5N2. The van der Waals surface area contributed by atoms with Crippen LogP contribution in [0, 0.1) is 6.08 Å². The third-order valence-electron chi connectivity index (χ3n) is 1.36. The summed E-state index contributed by atoms with van der Waals surface area (Å²) in [5, 5.41) is 7.64. The molecule has 9 heavy (non-hydrogen) atoms. The Morgan fingerprint density at radius 2 is 2.56 bits per heavy atom. The van der Waals surface area contributed by atoms with Gasteiger partial charge in [0.1, 0.15) is 0 Å². The number of nitrogens with zero attached hydrogens (tertiary/aromatic N) is 2. The maximum absolute atomic E-state index is 3.88. The van der Waals surface area contributed by atoms with Gasteiger partial charge in [0.05, 0.1) is 11.9 Å². The summed E-state index contributed by atoms with van der Waals surface area (Å²) >= 11 is 0. The Kier molecular flexibility index (Phi) is 0.859. The van der Waals surface area contributed by atoms with Crippen LogP contribution in [0.15, 0.2) is 39.9 Å². The fraction of sp³-hybridized carbons (Fsp3) is 0.143. The molecule has 2 aliphatic rings. The maximum atomic E-state index is 3.88. The van der Waals surface area contributed by atoms with Gasteiger partial charge >= 0.3 is 0 Å². The van der Waals surface area contributed by atoms with Crippen LogP contribution in [0.5, 0.6) is 0 Å². The second kappa shape index (κ2) is 1.65. The van der Waals surface area contributed by atoms with Crippen molar-refractivity contribution < 1.29 is 0 Å². The highest BCUT2D eigenvalue weighted by Crippen LogP contribution is 2.24. The number of hydrogen-bond acceptors (Lipinski definition) is 2. The van der Waals surface area contributed by atoms with E-state index >= 15 is 0 Å². The van der Waals surface area contributed by atoms with E-state index in [1.54, 1.807) is 6.20 Å². The molecule has 1 aliphatic carbocycles. The molecule has 2 nitrogen and oxygen atoms in total. The van der Waals surface area contributed by atoms with Crippen LogP contribution < -0.4 is 0 Å². The van der Waals surface area contributed by atoms with E-state index in [0.29, 0.717) is 0 Å². The number of rotatable bonds is 0. The smallest absolute Gasteiger partial charge is 0.0908 e. The highest BCUT2D eigenvalue weighted by atomic mass is 15.1. The molecule has 0 fully saturated rings. The van der Waals surface area contributed by atoms with E-state index in [1.807, 2.05) is 12.2 Å². The molecular weight excluding hydrogens is 112 g/mol. The summed E-state index contributed by atoms with van der Waals surface area (Å²) in [5.41, 5.74) is 2.17. The van der Waals surface area contributed by atoms with Gasteiger partial charge in [-0.1, -0.05) is 6.08 Å². The van der Waals surface area contributed by atoms with Gasteiger partial charge in [-0.15, -0.1) is 0 Å². The van der Waals surface area contributed by atoms with E-state index in [-0.39, 0.29) is 0 Å². The van der Waals surface area contributed by atoms with Crippen molar-refractivity contribution >= 4 is 0 Å². The van der Waals surface area contributed by atoms with Crippen molar-refractivity contribution in [3.05, 3.63) is 35.7 Å². The molecule has 1 aliphatic heterocycles. The highest BCUT2D eigenvalue weighted by Gasteiger charge is 2.08. The Bertz CT molecular complexity index is 244. The Labute approximate surface area is 53.3 Å². The van der Waals surface area contributed by atoms with Gasteiger partial charge in [-0.3, -0.25) is 0 Å². The zero-order valence-electron chi connectivity index (χ0n) is 4.83. The average Bonchev–Trinajstić information content (AvgIpc) is 2.33. The van der Waals surface area contributed by atoms with Crippen molar-refractivity contribution in [3.8, 4) is 0 Å². The molecule has 0 N–H and O–H groups in total. The van der Waals surface area contributed by atoms with Gasteiger partial charge in [0, 0.05) is 12.0 Å². The largest absolute Gasteiger partial charge is 0.158 e. The predicted octanol–water partition coefficient (Wildman–Crippen LogP) is 1.98. The third-order valence-corrected chi connectivity index (χ3v) is 1.36. The number of allylic oxidation sites excluding steroid dienone is 4. The van der Waals surface area contributed by atoms with Gasteiger partial charge in [0.15, 0.2) is 0 Å². The first-order valence-corrected chi connectivity index (χ1v) is 2.84. The Hall–Kier alpha value is -1.18. The minimum Gasteiger partial charge on any atom is -0.158 e. The summed E-state index contributed by atoms with van der Waals surface area (Å²) in [4.78, 5) is 0. The van der Waals surface area contributed by atoms with Crippen molar-refractivity contribution in [2.24, 2.45) is 10.2 Å². The number of hydrogen-bond donors (Lipinski definition) is 0. The fourth-order valence-corrected chi connectivity index (χ4v) is 0.874. The first-order valence-electron chi connectivity index (χ1n) is 2.84. The molecule has 2 heteroatoms. The summed E-state index contributed by atoms with van der Waals surface area (Å²) in [7, 11) is 0. The van der Waals surface area contributed by atoms with E-state index in [0.717, 1.165) is 12.1 Å². The van der Waals surface area contributed by atoms with Crippen LogP contribution in [0.1, 0.15) is 6.42 Å². The predicted molar refractivity (Wildman–Crippen MR) is 33.5 cm³/mol. The monoisotopic (exact) mass is 117 g/mol. The molecule has 1 radical (unpaired) electrons. The van der Waals surface area contributed by atoms with Crippen LogP contribution in [-0.4, -0.2) is 0 Å². The normalized spacial score (nSPS) is 21.3. The average molecular weight is 117 g/mol. The van der Waals surface area contributed by atoms with Crippen molar-refractivity contribution in [2.45, 2.75) is 6.42 Å². The van der Waals surface area contributed by atoms with E-state index < -0.39 is 0 Å². The fourth-order valence-electron chi connectivity index (χ4n) is 0.874. The van der Waals surface area contributed by atoms with E-state index in [4.69, 9.17) is 0 Å². The number of azo groups is 1. The van der Waals surface area contributed by atoms with Gasteiger partial charge in [-0.05, 0) is 12.2 Å². The minimum absolute atomic E-state index is 0.860. The molecule has 0 aromatic rings. The maximum Gasteiger partial charge on any atom is 0.0908 e. The molecule has 1 heterocycles. The van der Waals surface area contributed by atoms with Crippen molar-refractivity contribution in [3.63, 3.8) is 0 Å². The molecule has 0 bridgehead atoms. The lowest BCUT2D eigenvalue weighted by molar-refractivity contribution is 1.14. The molecule has 43 valence electrons. The summed E-state index contributed by atoms with van der Waals surface area (Å²) in [6, 6.07) is 0.